The van der Waals surface area contributed by atoms with Crippen LogP contribution < -0.4 is 4.74 Å². The molecule has 55 heavy (non-hydrogen) atoms. The van der Waals surface area contributed by atoms with Crippen LogP contribution in [0.25, 0.3) is 11.1 Å². The number of rotatable bonds is 25. The van der Waals surface area contributed by atoms with Gasteiger partial charge in [-0.1, -0.05) is 77.5 Å². The molecular formula is C45H60F2O8. The molecule has 302 valence electrons. The number of benzene rings is 2. The number of aliphatic hydroxyl groups is 1. The van der Waals surface area contributed by atoms with E-state index < -0.39 is 36.2 Å². The topological polar surface area (TPSA) is 108 Å². The van der Waals surface area contributed by atoms with Crippen molar-refractivity contribution in [2.24, 2.45) is 5.92 Å². The monoisotopic (exact) mass is 766 g/mol. The van der Waals surface area contributed by atoms with Crippen LogP contribution >= 0.6 is 0 Å². The van der Waals surface area contributed by atoms with E-state index in [2.05, 4.69) is 63.9 Å². The lowest BCUT2D eigenvalue weighted by Gasteiger charge is -2.29. The zero-order chi connectivity index (χ0) is 40.2. The van der Waals surface area contributed by atoms with Gasteiger partial charge in [0.2, 0.25) is 11.7 Å². The Labute approximate surface area is 326 Å². The maximum absolute atomic E-state index is 13.3. The Morgan fingerprint density at radius 2 is 1.27 bits per heavy atom. The first-order valence-electron chi connectivity index (χ1n) is 19.9. The maximum atomic E-state index is 13.3. The van der Waals surface area contributed by atoms with Crippen molar-refractivity contribution in [2.45, 2.75) is 116 Å². The van der Waals surface area contributed by atoms with Gasteiger partial charge in [0.05, 0.1) is 38.6 Å². The summed E-state index contributed by atoms with van der Waals surface area (Å²) in [6.07, 6.45) is 13.8. The maximum Gasteiger partial charge on any atom is 0.366 e. The molecule has 0 saturated heterocycles. The van der Waals surface area contributed by atoms with Crippen molar-refractivity contribution in [3.05, 3.63) is 89.5 Å². The van der Waals surface area contributed by atoms with Gasteiger partial charge in [-0.2, -0.15) is 8.78 Å². The van der Waals surface area contributed by atoms with E-state index in [1.807, 2.05) is 0 Å². The minimum atomic E-state index is -1.16. The van der Waals surface area contributed by atoms with E-state index >= 15 is 0 Å². The van der Waals surface area contributed by atoms with E-state index in [-0.39, 0.29) is 25.4 Å². The molecule has 0 aliphatic heterocycles. The predicted octanol–water partition coefficient (Wildman–Crippen LogP) is 9.94. The molecule has 0 atom stereocenters. The van der Waals surface area contributed by atoms with E-state index in [0.29, 0.717) is 56.8 Å². The standard InChI is InChI=1S/C45H60F2O8/c1-6-8-9-14-34-17-19-36(20-18-34)37-21-22-41(35(7-2)27-37)40-28-38(15-12-25-54-44(50)32(4)46)42(39(29-40)16-13-26-55-45(51)33(5)47)52-23-10-11-24-53-43(49)31(3)30-48/h21-22,27-29,34,36,48H,3-20,23-26,30H2,1-2H3. The molecule has 0 amide bonds. The molecule has 2 aromatic rings. The van der Waals surface area contributed by atoms with Crippen LogP contribution in [-0.4, -0.2) is 56.0 Å². The van der Waals surface area contributed by atoms with Crippen molar-refractivity contribution >= 4 is 17.9 Å². The lowest BCUT2D eigenvalue weighted by Crippen LogP contribution is -2.13. The molecule has 0 spiro atoms. The molecule has 0 aromatic heterocycles. The number of hydrogen-bond donors (Lipinski definition) is 1. The lowest BCUT2D eigenvalue weighted by molar-refractivity contribution is -0.141. The Morgan fingerprint density at radius 1 is 0.709 bits per heavy atom. The van der Waals surface area contributed by atoms with Crippen molar-refractivity contribution < 1.29 is 47.2 Å². The number of ether oxygens (including phenoxy) is 4. The molecule has 1 fully saturated rings. The molecule has 0 heterocycles. The molecule has 1 aliphatic rings. The van der Waals surface area contributed by atoms with Crippen LogP contribution in [0.5, 0.6) is 5.75 Å². The normalized spacial score (nSPS) is 15.2. The number of aryl methyl sites for hydroxylation is 3. The van der Waals surface area contributed by atoms with Gasteiger partial charge in [-0.25, -0.2) is 14.4 Å². The molecule has 0 bridgehead atoms. The molecule has 1 N–H and O–H groups in total. The summed E-state index contributed by atoms with van der Waals surface area (Å²) < 4.78 is 48.2. The average molecular weight is 767 g/mol. The van der Waals surface area contributed by atoms with E-state index in [9.17, 15) is 23.2 Å². The summed E-state index contributed by atoms with van der Waals surface area (Å²) in [5.74, 6) is -3.16. The largest absolute Gasteiger partial charge is 0.493 e. The van der Waals surface area contributed by atoms with Gasteiger partial charge in [0.1, 0.15) is 5.75 Å². The molecule has 1 aliphatic carbocycles. The number of carbonyl (C=O) groups is 3. The van der Waals surface area contributed by atoms with Crippen molar-refractivity contribution in [1.82, 2.24) is 0 Å². The molecule has 8 nitrogen and oxygen atoms in total. The first kappa shape index (κ1) is 45.1. The fraction of sp³-hybridized carbons (Fsp3) is 0.533. The van der Waals surface area contributed by atoms with Crippen molar-refractivity contribution in [3.8, 4) is 16.9 Å². The Balaban J connectivity index is 1.90. The van der Waals surface area contributed by atoms with E-state index in [4.69, 9.17) is 24.1 Å². The Kier molecular flexibility index (Phi) is 19.9. The highest BCUT2D eigenvalue weighted by molar-refractivity contribution is 5.88. The summed E-state index contributed by atoms with van der Waals surface area (Å²) in [6.45, 7) is 13.8. The number of hydrogen-bond acceptors (Lipinski definition) is 8. The molecule has 0 radical (unpaired) electrons. The highest BCUT2D eigenvalue weighted by Crippen LogP contribution is 2.40. The van der Waals surface area contributed by atoms with Crippen molar-refractivity contribution in [3.63, 3.8) is 0 Å². The van der Waals surface area contributed by atoms with Gasteiger partial charge >= 0.3 is 17.9 Å². The summed E-state index contributed by atoms with van der Waals surface area (Å²) in [5.41, 5.74) is 6.39. The van der Waals surface area contributed by atoms with E-state index in [1.165, 1.54) is 62.5 Å². The molecule has 10 heteroatoms. The third kappa shape index (κ3) is 15.0. The molecule has 2 aromatic carbocycles. The van der Waals surface area contributed by atoms with Crippen LogP contribution in [0.15, 0.2) is 67.3 Å². The second-order valence-electron chi connectivity index (χ2n) is 14.3. The zero-order valence-electron chi connectivity index (χ0n) is 32.9. The van der Waals surface area contributed by atoms with Gasteiger partial charge in [0, 0.05) is 0 Å². The van der Waals surface area contributed by atoms with Gasteiger partial charge in [0.25, 0.3) is 0 Å². The molecule has 0 unspecified atom stereocenters. The average Bonchev–Trinajstić information content (AvgIpc) is 3.19. The quantitative estimate of drug-likeness (QED) is 0.0461. The van der Waals surface area contributed by atoms with Crippen LogP contribution in [0.3, 0.4) is 0 Å². The van der Waals surface area contributed by atoms with Gasteiger partial charge in [-0.3, -0.25) is 0 Å². The van der Waals surface area contributed by atoms with E-state index in [1.54, 1.807) is 0 Å². The van der Waals surface area contributed by atoms with Crippen LogP contribution in [0, 0.1) is 5.92 Å². The molecule has 3 rings (SSSR count). The Hall–Kier alpha value is -4.31. The van der Waals surface area contributed by atoms with Crippen molar-refractivity contribution in [2.75, 3.05) is 33.0 Å². The second kappa shape index (κ2) is 24.3. The number of carbonyl (C=O) groups excluding carboxylic acids is 3. The summed E-state index contributed by atoms with van der Waals surface area (Å²) in [6, 6.07) is 11.0. The van der Waals surface area contributed by atoms with Crippen LogP contribution in [0.2, 0.25) is 0 Å². The highest BCUT2D eigenvalue weighted by Gasteiger charge is 2.23. The third-order valence-corrected chi connectivity index (χ3v) is 10.2. The third-order valence-electron chi connectivity index (χ3n) is 10.2. The first-order valence-corrected chi connectivity index (χ1v) is 19.9. The SMILES string of the molecule is C=C(F)C(=O)OCCCc1cc(-c2ccc(C3CCC(CCCCC)CC3)cc2CC)cc(CCCOC(=O)C(=C)F)c1OCCCCOC(=O)C(=C)CO. The van der Waals surface area contributed by atoms with Gasteiger partial charge < -0.3 is 24.1 Å². The molecule has 1 saturated carbocycles. The van der Waals surface area contributed by atoms with Crippen LogP contribution in [0.1, 0.15) is 119 Å². The minimum absolute atomic E-state index is 0.0187. The summed E-state index contributed by atoms with van der Waals surface area (Å²) in [5, 5.41) is 9.09. The minimum Gasteiger partial charge on any atom is -0.493 e. The van der Waals surface area contributed by atoms with Gasteiger partial charge in [0.15, 0.2) is 0 Å². The van der Waals surface area contributed by atoms with Gasteiger partial charge in [-0.15, -0.1) is 0 Å². The zero-order valence-corrected chi connectivity index (χ0v) is 32.9. The first-order chi connectivity index (χ1) is 26.5. The van der Waals surface area contributed by atoms with Crippen LogP contribution in [-0.2, 0) is 47.9 Å². The predicted molar refractivity (Wildman–Crippen MR) is 211 cm³/mol. The smallest absolute Gasteiger partial charge is 0.366 e. The van der Waals surface area contributed by atoms with Crippen molar-refractivity contribution in [1.29, 1.82) is 0 Å². The number of esters is 3. The number of aliphatic hydroxyl groups excluding tert-OH is 1. The lowest BCUT2D eigenvalue weighted by atomic mass is 9.76. The van der Waals surface area contributed by atoms with Gasteiger partial charge in [-0.05, 0) is 128 Å². The summed E-state index contributed by atoms with van der Waals surface area (Å²) in [7, 11) is 0. The fourth-order valence-corrected chi connectivity index (χ4v) is 7.10. The fourth-order valence-electron chi connectivity index (χ4n) is 7.10. The van der Waals surface area contributed by atoms with Crippen LogP contribution in [0.4, 0.5) is 8.78 Å². The Bertz CT molecular complexity index is 1550. The van der Waals surface area contributed by atoms with E-state index in [0.717, 1.165) is 34.6 Å². The number of unbranched alkanes of at least 4 members (excludes halogenated alkanes) is 3. The molecular weight excluding hydrogens is 706 g/mol. The highest BCUT2D eigenvalue weighted by atomic mass is 19.1. The second-order valence-corrected chi connectivity index (χ2v) is 14.3. The summed E-state index contributed by atoms with van der Waals surface area (Å²) in [4.78, 5) is 35.3. The number of halogens is 2. The Morgan fingerprint density at radius 3 is 1.82 bits per heavy atom. The summed E-state index contributed by atoms with van der Waals surface area (Å²) >= 11 is 0.